The standard InChI is InChI=1S/C5H14N4S/c1-2-10-9-4-3-8-5(6)7/h9H,2-4H2,1H3,(H4,6,7,8). The van der Waals surface area contributed by atoms with Crippen molar-refractivity contribution in [3.8, 4) is 0 Å². The zero-order chi connectivity index (χ0) is 7.82. The van der Waals surface area contributed by atoms with Crippen LogP contribution in [0.5, 0.6) is 0 Å². The van der Waals surface area contributed by atoms with Crippen LogP contribution in [0.3, 0.4) is 0 Å². The first-order valence-corrected chi connectivity index (χ1v) is 4.16. The van der Waals surface area contributed by atoms with Gasteiger partial charge in [0.15, 0.2) is 5.96 Å². The van der Waals surface area contributed by atoms with Crippen LogP contribution in [0.15, 0.2) is 4.99 Å². The Morgan fingerprint density at radius 3 is 2.80 bits per heavy atom. The first kappa shape index (κ1) is 9.58. The second kappa shape index (κ2) is 6.70. The van der Waals surface area contributed by atoms with E-state index >= 15 is 0 Å². The number of hydrogen-bond donors (Lipinski definition) is 3. The van der Waals surface area contributed by atoms with Crippen molar-refractivity contribution in [2.24, 2.45) is 16.5 Å². The van der Waals surface area contributed by atoms with Crippen molar-refractivity contribution in [2.45, 2.75) is 6.92 Å². The van der Waals surface area contributed by atoms with Gasteiger partial charge in [-0.2, -0.15) is 0 Å². The lowest BCUT2D eigenvalue weighted by Crippen LogP contribution is -2.24. The van der Waals surface area contributed by atoms with E-state index in [1.165, 1.54) is 0 Å². The lowest BCUT2D eigenvalue weighted by Gasteiger charge is -1.97. The Kier molecular flexibility index (Phi) is 6.42. The van der Waals surface area contributed by atoms with Gasteiger partial charge in [0.05, 0.1) is 6.54 Å². The number of guanidine groups is 1. The molecule has 0 aliphatic carbocycles. The molecule has 0 spiro atoms. The van der Waals surface area contributed by atoms with Gasteiger partial charge in [-0.3, -0.25) is 9.71 Å². The number of nitrogens with one attached hydrogen (secondary N) is 1. The monoisotopic (exact) mass is 162 g/mol. The fourth-order valence-electron chi connectivity index (χ4n) is 0.405. The van der Waals surface area contributed by atoms with E-state index in [-0.39, 0.29) is 5.96 Å². The van der Waals surface area contributed by atoms with Crippen LogP contribution < -0.4 is 16.2 Å². The summed E-state index contributed by atoms with van der Waals surface area (Å²) in [7, 11) is 0. The van der Waals surface area contributed by atoms with Crippen LogP contribution in [-0.4, -0.2) is 24.8 Å². The Hall–Kier alpha value is -0.420. The molecule has 0 saturated heterocycles. The maximum absolute atomic E-state index is 5.10. The summed E-state index contributed by atoms with van der Waals surface area (Å²) in [6.07, 6.45) is 0. The van der Waals surface area contributed by atoms with Gasteiger partial charge in [-0.05, 0) is 0 Å². The van der Waals surface area contributed by atoms with E-state index < -0.39 is 0 Å². The van der Waals surface area contributed by atoms with Crippen LogP contribution in [-0.2, 0) is 0 Å². The fourth-order valence-corrected chi connectivity index (χ4v) is 0.845. The van der Waals surface area contributed by atoms with Gasteiger partial charge in [0.25, 0.3) is 0 Å². The third-order valence-corrected chi connectivity index (χ3v) is 1.45. The topological polar surface area (TPSA) is 76.4 Å². The smallest absolute Gasteiger partial charge is 0.185 e. The number of hydrogen-bond acceptors (Lipinski definition) is 3. The molecule has 0 saturated carbocycles. The van der Waals surface area contributed by atoms with Crippen molar-refractivity contribution in [3.63, 3.8) is 0 Å². The van der Waals surface area contributed by atoms with Gasteiger partial charge in [0.2, 0.25) is 0 Å². The predicted octanol–water partition coefficient (Wildman–Crippen LogP) is -0.482. The molecule has 60 valence electrons. The van der Waals surface area contributed by atoms with Crippen molar-refractivity contribution in [3.05, 3.63) is 0 Å². The van der Waals surface area contributed by atoms with E-state index in [4.69, 9.17) is 11.5 Å². The third-order valence-electron chi connectivity index (χ3n) is 0.755. The van der Waals surface area contributed by atoms with E-state index in [9.17, 15) is 0 Å². The van der Waals surface area contributed by atoms with Gasteiger partial charge >= 0.3 is 0 Å². The number of nitrogens with zero attached hydrogens (tertiary/aromatic N) is 1. The summed E-state index contributed by atoms with van der Waals surface area (Å²) in [6, 6.07) is 0. The summed E-state index contributed by atoms with van der Waals surface area (Å²) in [5.74, 6) is 1.21. The average molecular weight is 162 g/mol. The summed E-state index contributed by atoms with van der Waals surface area (Å²) in [5.41, 5.74) is 10.2. The van der Waals surface area contributed by atoms with Gasteiger partial charge in [-0.25, -0.2) is 0 Å². The van der Waals surface area contributed by atoms with E-state index in [1.807, 2.05) is 0 Å². The zero-order valence-corrected chi connectivity index (χ0v) is 6.95. The Balaban J connectivity index is 2.98. The number of aliphatic imine (C=N–C) groups is 1. The molecule has 10 heavy (non-hydrogen) atoms. The first-order valence-electron chi connectivity index (χ1n) is 3.17. The molecule has 0 amide bonds. The van der Waals surface area contributed by atoms with Crippen molar-refractivity contribution in [2.75, 3.05) is 18.8 Å². The average Bonchev–Trinajstić information content (AvgIpc) is 1.87. The molecule has 0 heterocycles. The number of nitrogens with two attached hydrogens (primary N) is 2. The Morgan fingerprint density at radius 2 is 2.30 bits per heavy atom. The van der Waals surface area contributed by atoms with Crippen LogP contribution in [0.1, 0.15) is 6.92 Å². The molecule has 4 nitrogen and oxygen atoms in total. The van der Waals surface area contributed by atoms with Crippen LogP contribution in [0.2, 0.25) is 0 Å². The van der Waals surface area contributed by atoms with E-state index in [1.54, 1.807) is 11.9 Å². The minimum Gasteiger partial charge on any atom is -0.370 e. The summed E-state index contributed by atoms with van der Waals surface area (Å²) < 4.78 is 3.09. The highest BCUT2D eigenvalue weighted by Crippen LogP contribution is 1.87. The molecule has 0 unspecified atom stereocenters. The van der Waals surface area contributed by atoms with Crippen LogP contribution >= 0.6 is 11.9 Å². The largest absolute Gasteiger partial charge is 0.370 e. The van der Waals surface area contributed by atoms with Crippen LogP contribution in [0, 0.1) is 0 Å². The first-order chi connectivity index (χ1) is 4.77. The summed E-state index contributed by atoms with van der Waals surface area (Å²) in [6.45, 7) is 3.55. The molecule has 5 N–H and O–H groups in total. The molecular weight excluding hydrogens is 148 g/mol. The van der Waals surface area contributed by atoms with Gasteiger partial charge in [-0.15, -0.1) is 0 Å². The Labute approximate surface area is 65.6 Å². The molecule has 5 heteroatoms. The van der Waals surface area contributed by atoms with Crippen LogP contribution in [0.25, 0.3) is 0 Å². The van der Waals surface area contributed by atoms with Crippen LogP contribution in [0.4, 0.5) is 0 Å². The van der Waals surface area contributed by atoms with E-state index in [2.05, 4.69) is 16.6 Å². The lowest BCUT2D eigenvalue weighted by atomic mass is 10.7. The van der Waals surface area contributed by atoms with Crippen molar-refractivity contribution >= 4 is 17.9 Å². The normalized spacial score (nSPS) is 9.30. The van der Waals surface area contributed by atoms with Gasteiger partial charge in [0.1, 0.15) is 0 Å². The molecule has 0 aromatic rings. The van der Waals surface area contributed by atoms with Gasteiger partial charge < -0.3 is 11.5 Å². The summed E-state index contributed by atoms with van der Waals surface area (Å²) in [5, 5.41) is 0. The number of rotatable bonds is 5. The minimum atomic E-state index is 0.156. The highest BCUT2D eigenvalue weighted by molar-refractivity contribution is 7.97. The Bertz CT molecular complexity index is 99.8. The molecule has 0 fully saturated rings. The maximum atomic E-state index is 5.10. The Morgan fingerprint density at radius 1 is 1.60 bits per heavy atom. The molecule has 0 atom stereocenters. The van der Waals surface area contributed by atoms with Crippen molar-refractivity contribution in [1.29, 1.82) is 0 Å². The summed E-state index contributed by atoms with van der Waals surface area (Å²) >= 11 is 1.66. The molecule has 0 aliphatic heterocycles. The molecule has 0 aromatic heterocycles. The zero-order valence-electron chi connectivity index (χ0n) is 6.13. The van der Waals surface area contributed by atoms with Crippen molar-refractivity contribution < 1.29 is 0 Å². The quantitative estimate of drug-likeness (QED) is 0.221. The van der Waals surface area contributed by atoms with Gasteiger partial charge in [0, 0.05) is 12.3 Å². The lowest BCUT2D eigenvalue weighted by molar-refractivity contribution is 0.914. The molecule has 0 aliphatic rings. The molecular formula is C5H14N4S. The van der Waals surface area contributed by atoms with Crippen molar-refractivity contribution in [1.82, 2.24) is 4.72 Å². The molecule has 0 rings (SSSR count). The highest BCUT2D eigenvalue weighted by Gasteiger charge is 1.83. The molecule has 0 bridgehead atoms. The van der Waals surface area contributed by atoms with E-state index in [0.717, 1.165) is 12.3 Å². The minimum absolute atomic E-state index is 0.156. The molecule has 0 aromatic carbocycles. The van der Waals surface area contributed by atoms with E-state index in [0.29, 0.717) is 6.54 Å². The third kappa shape index (κ3) is 7.58. The second-order valence-corrected chi connectivity index (χ2v) is 2.79. The fraction of sp³-hybridized carbons (Fsp3) is 0.800. The highest BCUT2D eigenvalue weighted by atomic mass is 32.2. The van der Waals surface area contributed by atoms with Gasteiger partial charge in [-0.1, -0.05) is 18.9 Å². The molecule has 0 radical (unpaired) electrons. The SMILES string of the molecule is CCSNCCN=C(N)N. The second-order valence-electron chi connectivity index (χ2n) is 1.63. The maximum Gasteiger partial charge on any atom is 0.185 e. The summed E-state index contributed by atoms with van der Waals surface area (Å²) in [4.78, 5) is 3.79. The predicted molar refractivity (Wildman–Crippen MR) is 46.8 cm³/mol.